The van der Waals surface area contributed by atoms with Crippen LogP contribution in [0.25, 0.3) is 0 Å². The van der Waals surface area contributed by atoms with E-state index in [9.17, 15) is 5.11 Å². The number of hydrogen-bond donors (Lipinski definition) is 1. The predicted molar refractivity (Wildman–Crippen MR) is 72.0 cm³/mol. The van der Waals surface area contributed by atoms with Crippen molar-refractivity contribution in [1.82, 2.24) is 0 Å². The van der Waals surface area contributed by atoms with Gasteiger partial charge in [-0.1, -0.05) is 19.9 Å². The maximum Gasteiger partial charge on any atom is 0.101 e. The molecule has 2 heterocycles. The molecule has 15 heavy (non-hydrogen) atoms. The summed E-state index contributed by atoms with van der Waals surface area (Å²) >= 11 is 5.57. The Kier molecular flexibility index (Phi) is 4.04. The number of aliphatic hydroxyl groups excluding tert-OH is 1. The Morgan fingerprint density at radius 1 is 1.40 bits per heavy atom. The van der Waals surface area contributed by atoms with Crippen molar-refractivity contribution in [3.8, 4) is 0 Å². The highest BCUT2D eigenvalue weighted by atomic mass is 32.2. The van der Waals surface area contributed by atoms with Crippen LogP contribution < -0.4 is 0 Å². The van der Waals surface area contributed by atoms with Gasteiger partial charge in [0, 0.05) is 26.4 Å². The van der Waals surface area contributed by atoms with Gasteiger partial charge in [-0.25, -0.2) is 0 Å². The van der Waals surface area contributed by atoms with Gasteiger partial charge in [-0.15, -0.1) is 11.3 Å². The summed E-state index contributed by atoms with van der Waals surface area (Å²) in [5.74, 6) is 1.06. The fraction of sp³-hybridized carbons (Fsp3) is 0.636. The molecule has 1 saturated heterocycles. The molecule has 1 nitrogen and oxygen atoms in total. The smallest absolute Gasteiger partial charge is 0.101 e. The van der Waals surface area contributed by atoms with Crippen LogP contribution in [0, 0.1) is 0 Å². The lowest BCUT2D eigenvalue weighted by atomic mass is 10.2. The Morgan fingerprint density at radius 2 is 2.20 bits per heavy atom. The summed E-state index contributed by atoms with van der Waals surface area (Å²) in [6, 6.07) is 4.04. The summed E-state index contributed by atoms with van der Waals surface area (Å²) in [6.45, 7) is 4.53. The van der Waals surface area contributed by atoms with Crippen molar-refractivity contribution in [3.05, 3.63) is 22.4 Å². The van der Waals surface area contributed by atoms with Crippen molar-refractivity contribution in [1.29, 1.82) is 0 Å². The van der Waals surface area contributed by atoms with Crippen molar-refractivity contribution < 1.29 is 5.11 Å². The van der Waals surface area contributed by atoms with E-state index in [1.165, 1.54) is 0 Å². The largest absolute Gasteiger partial charge is 0.386 e. The summed E-state index contributed by atoms with van der Waals surface area (Å²) in [5, 5.41) is 14.0. The Labute approximate surface area is 104 Å². The van der Waals surface area contributed by atoms with Crippen LogP contribution in [0.2, 0.25) is 0 Å². The first kappa shape index (κ1) is 11.8. The quantitative estimate of drug-likeness (QED) is 0.880. The van der Waals surface area contributed by atoms with Gasteiger partial charge in [-0.2, -0.15) is 23.5 Å². The molecular formula is C11H16OS3. The van der Waals surface area contributed by atoms with Crippen LogP contribution in [0.1, 0.15) is 24.8 Å². The molecule has 0 bridgehead atoms. The van der Waals surface area contributed by atoms with Gasteiger partial charge in [0.1, 0.15) is 6.10 Å². The number of hydrogen-bond acceptors (Lipinski definition) is 4. The van der Waals surface area contributed by atoms with Crippen LogP contribution in [0.3, 0.4) is 0 Å². The van der Waals surface area contributed by atoms with E-state index in [1.54, 1.807) is 11.3 Å². The van der Waals surface area contributed by atoms with Gasteiger partial charge in [0.25, 0.3) is 0 Å². The molecule has 0 spiro atoms. The average Bonchev–Trinajstić information content (AvgIpc) is 2.74. The lowest BCUT2D eigenvalue weighted by molar-refractivity contribution is 0.184. The highest BCUT2D eigenvalue weighted by Crippen LogP contribution is 2.41. The maximum atomic E-state index is 10.2. The molecule has 1 aromatic rings. The van der Waals surface area contributed by atoms with E-state index in [2.05, 4.69) is 13.8 Å². The number of rotatable bonds is 2. The topological polar surface area (TPSA) is 20.2 Å². The Morgan fingerprint density at radius 3 is 2.80 bits per heavy atom. The summed E-state index contributed by atoms with van der Waals surface area (Å²) in [4.78, 5) is 1.11. The minimum atomic E-state index is -0.280. The maximum absolute atomic E-state index is 10.2. The molecule has 0 aromatic carbocycles. The zero-order valence-corrected chi connectivity index (χ0v) is 11.4. The molecule has 1 fully saturated rings. The molecule has 1 N–H and O–H groups in total. The van der Waals surface area contributed by atoms with Crippen LogP contribution in [0.15, 0.2) is 17.5 Å². The molecule has 84 valence electrons. The first-order valence-corrected chi connectivity index (χ1v) is 8.04. The Balaban J connectivity index is 2.00. The third-order valence-electron chi connectivity index (χ3n) is 2.76. The molecule has 1 aliphatic rings. The Hall–Kier alpha value is 0.360. The van der Waals surface area contributed by atoms with Crippen LogP contribution >= 0.6 is 34.9 Å². The molecule has 0 amide bonds. The third-order valence-corrected chi connectivity index (χ3v) is 7.18. The van der Waals surface area contributed by atoms with Crippen LogP contribution in [-0.4, -0.2) is 26.6 Å². The fourth-order valence-electron chi connectivity index (χ4n) is 1.62. The summed E-state index contributed by atoms with van der Waals surface area (Å²) in [7, 11) is 0. The number of thiophene rings is 1. The van der Waals surface area contributed by atoms with Crippen molar-refractivity contribution in [2.24, 2.45) is 0 Å². The highest BCUT2D eigenvalue weighted by Gasteiger charge is 2.31. The van der Waals surface area contributed by atoms with Crippen molar-refractivity contribution in [2.75, 3.05) is 5.75 Å². The van der Waals surface area contributed by atoms with Gasteiger partial charge in [0.05, 0.1) is 0 Å². The molecule has 0 saturated carbocycles. The lowest BCUT2D eigenvalue weighted by Crippen LogP contribution is -2.30. The van der Waals surface area contributed by atoms with Crippen molar-refractivity contribution >= 4 is 34.9 Å². The molecule has 1 aromatic heterocycles. The summed E-state index contributed by atoms with van der Waals surface area (Å²) in [6.07, 6.45) is -0.280. The SMILES string of the molecule is CC1SCC(C(O)c2cccs2)SC1C. The molecule has 0 radical (unpaired) electrons. The number of aliphatic hydroxyl groups is 1. The molecule has 0 aliphatic carbocycles. The van der Waals surface area contributed by atoms with Crippen molar-refractivity contribution in [2.45, 2.75) is 35.7 Å². The monoisotopic (exact) mass is 260 g/mol. The Bertz CT molecular complexity index is 299. The predicted octanol–water partition coefficient (Wildman–Crippen LogP) is 3.41. The normalized spacial score (nSPS) is 33.9. The van der Waals surface area contributed by atoms with Gasteiger partial charge in [0.15, 0.2) is 0 Å². The van der Waals surface area contributed by atoms with Gasteiger partial charge in [-0.05, 0) is 11.4 Å². The zero-order chi connectivity index (χ0) is 10.8. The number of thioether (sulfide) groups is 2. The van der Waals surface area contributed by atoms with Crippen molar-refractivity contribution in [3.63, 3.8) is 0 Å². The van der Waals surface area contributed by atoms with Crippen LogP contribution in [0.4, 0.5) is 0 Å². The van der Waals surface area contributed by atoms with Crippen LogP contribution in [-0.2, 0) is 0 Å². The minimum absolute atomic E-state index is 0.280. The van der Waals surface area contributed by atoms with E-state index in [-0.39, 0.29) is 6.10 Å². The van der Waals surface area contributed by atoms with E-state index < -0.39 is 0 Å². The standard InChI is InChI=1S/C11H16OS3/c1-7-8(2)15-10(6-14-7)11(12)9-4-3-5-13-9/h3-5,7-8,10-12H,6H2,1-2H3. The second-order valence-electron chi connectivity index (χ2n) is 3.88. The first-order chi connectivity index (χ1) is 7.18. The van der Waals surface area contributed by atoms with Gasteiger partial charge in [0.2, 0.25) is 0 Å². The minimum Gasteiger partial charge on any atom is -0.386 e. The molecule has 4 heteroatoms. The van der Waals surface area contributed by atoms with E-state index in [0.717, 1.165) is 10.6 Å². The van der Waals surface area contributed by atoms with E-state index in [4.69, 9.17) is 0 Å². The third kappa shape index (κ3) is 2.73. The molecule has 1 aliphatic heterocycles. The molecular weight excluding hydrogens is 244 g/mol. The second-order valence-corrected chi connectivity index (χ2v) is 7.89. The van der Waals surface area contributed by atoms with E-state index >= 15 is 0 Å². The van der Waals surface area contributed by atoms with Crippen LogP contribution in [0.5, 0.6) is 0 Å². The summed E-state index contributed by atoms with van der Waals surface area (Å²) < 4.78 is 0. The second kappa shape index (κ2) is 5.13. The molecule has 4 atom stereocenters. The molecule has 4 unspecified atom stereocenters. The van der Waals surface area contributed by atoms with E-state index in [1.807, 2.05) is 41.0 Å². The first-order valence-electron chi connectivity index (χ1n) is 5.17. The zero-order valence-electron chi connectivity index (χ0n) is 8.92. The summed E-state index contributed by atoms with van der Waals surface area (Å²) in [5.41, 5.74) is 0. The highest BCUT2D eigenvalue weighted by molar-refractivity contribution is 8.07. The van der Waals surface area contributed by atoms with Gasteiger partial charge >= 0.3 is 0 Å². The molecule has 2 rings (SSSR count). The van der Waals surface area contributed by atoms with Gasteiger partial charge in [-0.3, -0.25) is 0 Å². The fourth-order valence-corrected chi connectivity index (χ4v) is 5.47. The average molecular weight is 260 g/mol. The van der Waals surface area contributed by atoms with Gasteiger partial charge < -0.3 is 5.11 Å². The van der Waals surface area contributed by atoms with E-state index in [0.29, 0.717) is 15.7 Å². The lowest BCUT2D eigenvalue weighted by Gasteiger charge is -2.33.